The number of nitrogens with zero attached hydrogens (tertiary/aromatic N) is 1. The molecule has 1 aliphatic heterocycles. The number of morpholine rings is 1. The molecule has 1 N–H and O–H groups in total. The highest BCUT2D eigenvalue weighted by molar-refractivity contribution is 6.10. The molecule has 1 fully saturated rings. The first-order valence-electron chi connectivity index (χ1n) is 7.17. The molecule has 1 aromatic carbocycles. The van der Waals surface area contributed by atoms with E-state index in [0.717, 1.165) is 11.3 Å². The Morgan fingerprint density at radius 2 is 1.81 bits per heavy atom. The molecule has 2 rings (SSSR count). The van der Waals surface area contributed by atoms with Gasteiger partial charge in [0.1, 0.15) is 5.41 Å². The molecule has 0 unspecified atom stereocenters. The van der Waals surface area contributed by atoms with E-state index in [2.05, 4.69) is 5.32 Å². The summed E-state index contributed by atoms with van der Waals surface area (Å²) in [7, 11) is 0. The highest BCUT2D eigenvalue weighted by Crippen LogP contribution is 2.23. The van der Waals surface area contributed by atoms with Crippen molar-refractivity contribution < 1.29 is 14.3 Å². The first-order chi connectivity index (χ1) is 9.93. The van der Waals surface area contributed by atoms with Crippen LogP contribution in [-0.2, 0) is 14.3 Å². The van der Waals surface area contributed by atoms with E-state index in [4.69, 9.17) is 4.74 Å². The first-order valence-corrected chi connectivity index (χ1v) is 7.17. The Kier molecular flexibility index (Phi) is 4.63. The lowest BCUT2D eigenvalue weighted by molar-refractivity contribution is -0.149. The van der Waals surface area contributed by atoms with E-state index in [-0.39, 0.29) is 11.8 Å². The summed E-state index contributed by atoms with van der Waals surface area (Å²) >= 11 is 0. The molecular formula is C16H22N2O3. The number of hydrogen-bond donors (Lipinski definition) is 1. The van der Waals surface area contributed by atoms with Gasteiger partial charge in [0.2, 0.25) is 11.8 Å². The summed E-state index contributed by atoms with van der Waals surface area (Å²) in [6, 6.07) is 7.53. The van der Waals surface area contributed by atoms with Gasteiger partial charge in [-0.1, -0.05) is 18.2 Å². The summed E-state index contributed by atoms with van der Waals surface area (Å²) in [5.41, 5.74) is 0.616. The van der Waals surface area contributed by atoms with Gasteiger partial charge >= 0.3 is 0 Å². The monoisotopic (exact) mass is 290 g/mol. The van der Waals surface area contributed by atoms with E-state index in [0.29, 0.717) is 26.3 Å². The largest absolute Gasteiger partial charge is 0.378 e. The quantitative estimate of drug-likeness (QED) is 0.864. The molecule has 114 valence electrons. The summed E-state index contributed by atoms with van der Waals surface area (Å²) in [5, 5.41) is 2.85. The topological polar surface area (TPSA) is 58.6 Å². The number of rotatable bonds is 3. The van der Waals surface area contributed by atoms with Crippen LogP contribution in [0.1, 0.15) is 19.4 Å². The van der Waals surface area contributed by atoms with Crippen LogP contribution in [0.25, 0.3) is 0 Å². The Morgan fingerprint density at radius 1 is 1.19 bits per heavy atom. The van der Waals surface area contributed by atoms with Crippen LogP contribution in [-0.4, -0.2) is 43.0 Å². The summed E-state index contributed by atoms with van der Waals surface area (Å²) in [6.45, 7) is 7.39. The summed E-state index contributed by atoms with van der Waals surface area (Å²) < 4.78 is 5.24. The van der Waals surface area contributed by atoms with Gasteiger partial charge in [-0.05, 0) is 32.4 Å². The Hall–Kier alpha value is -1.88. The van der Waals surface area contributed by atoms with Gasteiger partial charge in [0, 0.05) is 18.8 Å². The Balaban J connectivity index is 2.09. The van der Waals surface area contributed by atoms with E-state index in [1.165, 1.54) is 0 Å². The third-order valence-electron chi connectivity index (χ3n) is 3.79. The van der Waals surface area contributed by atoms with Crippen molar-refractivity contribution in [3.05, 3.63) is 29.8 Å². The third kappa shape index (κ3) is 3.42. The molecule has 0 spiro atoms. The van der Waals surface area contributed by atoms with Gasteiger partial charge in [0.05, 0.1) is 13.2 Å². The molecule has 0 atom stereocenters. The molecule has 0 aliphatic carbocycles. The van der Waals surface area contributed by atoms with Crippen molar-refractivity contribution in [1.82, 2.24) is 4.90 Å². The van der Waals surface area contributed by atoms with Crippen molar-refractivity contribution in [3.63, 3.8) is 0 Å². The number of benzene rings is 1. The van der Waals surface area contributed by atoms with Gasteiger partial charge in [0.25, 0.3) is 0 Å². The Bertz CT molecular complexity index is 534. The number of para-hydroxylation sites is 1. The predicted molar refractivity (Wildman–Crippen MR) is 81.0 cm³/mol. The smallest absolute Gasteiger partial charge is 0.239 e. The molecule has 1 heterocycles. The summed E-state index contributed by atoms with van der Waals surface area (Å²) in [6.07, 6.45) is 0. The average Bonchev–Trinajstić information content (AvgIpc) is 2.49. The molecule has 0 saturated carbocycles. The van der Waals surface area contributed by atoms with Crippen molar-refractivity contribution in [2.45, 2.75) is 20.8 Å². The second kappa shape index (κ2) is 6.26. The highest BCUT2D eigenvalue weighted by Gasteiger charge is 2.39. The van der Waals surface area contributed by atoms with Gasteiger partial charge in [-0.2, -0.15) is 0 Å². The molecular weight excluding hydrogens is 268 g/mol. The van der Waals surface area contributed by atoms with Gasteiger partial charge in [-0.15, -0.1) is 0 Å². The normalized spacial score (nSPS) is 15.7. The lowest BCUT2D eigenvalue weighted by atomic mass is 9.90. The van der Waals surface area contributed by atoms with Crippen LogP contribution in [0.2, 0.25) is 0 Å². The van der Waals surface area contributed by atoms with Crippen LogP contribution >= 0.6 is 0 Å². The second-order valence-corrected chi connectivity index (χ2v) is 5.80. The third-order valence-corrected chi connectivity index (χ3v) is 3.79. The molecule has 5 heteroatoms. The van der Waals surface area contributed by atoms with Gasteiger partial charge in [-0.3, -0.25) is 9.59 Å². The summed E-state index contributed by atoms with van der Waals surface area (Å²) in [4.78, 5) is 26.7. The van der Waals surface area contributed by atoms with E-state index in [1.54, 1.807) is 18.7 Å². The molecule has 21 heavy (non-hydrogen) atoms. The number of carbonyl (C=O) groups is 2. The van der Waals surface area contributed by atoms with Gasteiger partial charge in [-0.25, -0.2) is 0 Å². The first kappa shape index (κ1) is 15.5. The molecule has 5 nitrogen and oxygen atoms in total. The van der Waals surface area contributed by atoms with E-state index < -0.39 is 5.41 Å². The second-order valence-electron chi connectivity index (χ2n) is 5.80. The summed E-state index contributed by atoms with van der Waals surface area (Å²) in [5.74, 6) is -0.440. The van der Waals surface area contributed by atoms with Gasteiger partial charge in [0.15, 0.2) is 0 Å². The fraction of sp³-hybridized carbons (Fsp3) is 0.500. The number of nitrogens with one attached hydrogen (secondary N) is 1. The zero-order chi connectivity index (χ0) is 15.5. The number of ether oxygens (including phenoxy) is 1. The zero-order valence-corrected chi connectivity index (χ0v) is 12.8. The molecule has 0 radical (unpaired) electrons. The minimum absolute atomic E-state index is 0.156. The fourth-order valence-electron chi connectivity index (χ4n) is 2.25. The number of carbonyl (C=O) groups excluding carboxylic acids is 2. The van der Waals surface area contributed by atoms with Crippen molar-refractivity contribution in [2.75, 3.05) is 31.6 Å². The minimum Gasteiger partial charge on any atom is -0.378 e. The van der Waals surface area contributed by atoms with Crippen molar-refractivity contribution in [2.24, 2.45) is 5.41 Å². The van der Waals surface area contributed by atoms with E-state index in [9.17, 15) is 9.59 Å². The molecule has 1 saturated heterocycles. The van der Waals surface area contributed by atoms with Crippen LogP contribution in [0.4, 0.5) is 5.69 Å². The van der Waals surface area contributed by atoms with Crippen LogP contribution < -0.4 is 5.32 Å². The van der Waals surface area contributed by atoms with Crippen LogP contribution in [0.5, 0.6) is 0 Å². The maximum absolute atomic E-state index is 12.5. The molecule has 2 amide bonds. The number of hydrogen-bond acceptors (Lipinski definition) is 3. The average molecular weight is 290 g/mol. The van der Waals surface area contributed by atoms with E-state index >= 15 is 0 Å². The maximum atomic E-state index is 12.5. The van der Waals surface area contributed by atoms with Crippen molar-refractivity contribution >= 4 is 17.5 Å². The van der Waals surface area contributed by atoms with E-state index in [1.807, 2.05) is 31.2 Å². The highest BCUT2D eigenvalue weighted by atomic mass is 16.5. The standard InChI is InChI=1S/C16H22N2O3/c1-12-6-4-5-7-13(12)17-14(19)16(2,3)15(20)18-8-10-21-11-9-18/h4-7H,8-11H2,1-3H3,(H,17,19). The van der Waals surface area contributed by atoms with Crippen molar-refractivity contribution in [3.8, 4) is 0 Å². The fourth-order valence-corrected chi connectivity index (χ4v) is 2.25. The number of amides is 2. The minimum atomic E-state index is -1.10. The number of anilines is 1. The Morgan fingerprint density at radius 3 is 2.43 bits per heavy atom. The lowest BCUT2D eigenvalue weighted by Gasteiger charge is -2.33. The van der Waals surface area contributed by atoms with Crippen LogP contribution in [0.15, 0.2) is 24.3 Å². The number of aryl methyl sites for hydroxylation is 1. The predicted octanol–water partition coefficient (Wildman–Crippen LogP) is 1.82. The SMILES string of the molecule is Cc1ccccc1NC(=O)C(C)(C)C(=O)N1CCOCC1. The van der Waals surface area contributed by atoms with Crippen LogP contribution in [0.3, 0.4) is 0 Å². The molecule has 1 aliphatic rings. The van der Waals surface area contributed by atoms with Gasteiger partial charge < -0.3 is 15.0 Å². The van der Waals surface area contributed by atoms with Crippen molar-refractivity contribution in [1.29, 1.82) is 0 Å². The van der Waals surface area contributed by atoms with Crippen LogP contribution in [0, 0.1) is 12.3 Å². The molecule has 1 aromatic rings. The molecule has 0 aromatic heterocycles. The lowest BCUT2D eigenvalue weighted by Crippen LogP contribution is -2.51. The maximum Gasteiger partial charge on any atom is 0.239 e. The Labute approximate surface area is 125 Å². The zero-order valence-electron chi connectivity index (χ0n) is 12.8. The molecule has 0 bridgehead atoms.